The molecule has 210 valence electrons. The van der Waals surface area contributed by atoms with Crippen LogP contribution in [-0.2, 0) is 4.99 Å². The molecule has 1 spiro atoms. The second-order valence-electron chi connectivity index (χ2n) is 10.9. The third-order valence-electron chi connectivity index (χ3n) is 7.82. The predicted molar refractivity (Wildman–Crippen MR) is 178 cm³/mol. The highest BCUT2D eigenvalue weighted by molar-refractivity contribution is 8.17. The third-order valence-corrected chi connectivity index (χ3v) is 9.13. The van der Waals surface area contributed by atoms with Crippen molar-refractivity contribution in [2.24, 2.45) is 10.2 Å². The number of hydrogen-bond donors (Lipinski definition) is 0. The largest absolute Gasteiger partial charge is 0.286 e. The Morgan fingerprint density at radius 2 is 1.19 bits per heavy atom. The van der Waals surface area contributed by atoms with Crippen molar-refractivity contribution in [3.63, 3.8) is 0 Å². The molecule has 0 amide bonds. The van der Waals surface area contributed by atoms with Crippen molar-refractivity contribution in [2.75, 3.05) is 10.0 Å². The molecule has 0 unspecified atom stereocenters. The zero-order valence-corrected chi connectivity index (χ0v) is 24.8. The Balaban J connectivity index is 1.47. The molecule has 0 saturated heterocycles. The molecule has 6 heteroatoms. The third kappa shape index (κ3) is 4.64. The van der Waals surface area contributed by atoms with Gasteiger partial charge >= 0.3 is 0 Å². The van der Waals surface area contributed by atoms with Crippen LogP contribution in [0.3, 0.4) is 0 Å². The van der Waals surface area contributed by atoms with E-state index in [2.05, 4.69) is 68.4 Å². The molecule has 43 heavy (non-hydrogen) atoms. The number of nitrogens with zero attached hydrogens (tertiary/aromatic N) is 4. The number of thioether (sulfide) groups is 1. The highest BCUT2D eigenvalue weighted by Gasteiger charge is 2.56. The fourth-order valence-corrected chi connectivity index (χ4v) is 6.97. The monoisotopic (exact) mass is 578 g/mol. The van der Waals surface area contributed by atoms with Gasteiger partial charge in [0, 0.05) is 22.3 Å². The molecule has 0 radical (unpaired) electrons. The molecular weight excluding hydrogens is 549 g/mol. The number of ketones is 1. The predicted octanol–water partition coefficient (Wildman–Crippen LogP) is 8.64. The molecular formula is C37H30N4OS. The number of rotatable bonds is 6. The van der Waals surface area contributed by atoms with Crippen LogP contribution in [0.15, 0.2) is 150 Å². The molecule has 2 aliphatic heterocycles. The van der Waals surface area contributed by atoms with Gasteiger partial charge in [0.15, 0.2) is 5.04 Å². The lowest BCUT2D eigenvalue weighted by Gasteiger charge is -2.47. The van der Waals surface area contributed by atoms with Crippen LogP contribution < -0.4 is 10.0 Å². The maximum absolute atomic E-state index is 13.9. The summed E-state index contributed by atoms with van der Waals surface area (Å²) in [7, 11) is 0. The van der Waals surface area contributed by atoms with Crippen molar-refractivity contribution >= 4 is 39.7 Å². The highest BCUT2D eigenvalue weighted by atomic mass is 32.2. The summed E-state index contributed by atoms with van der Waals surface area (Å²) in [6.45, 7) is 4.40. The fourth-order valence-electron chi connectivity index (χ4n) is 5.62. The van der Waals surface area contributed by atoms with E-state index in [0.29, 0.717) is 16.5 Å². The molecule has 0 saturated carbocycles. The Labute approximate surface area is 256 Å². The van der Waals surface area contributed by atoms with E-state index in [1.54, 1.807) is 0 Å². The van der Waals surface area contributed by atoms with E-state index in [1.165, 1.54) is 17.3 Å². The highest BCUT2D eigenvalue weighted by Crippen LogP contribution is 2.55. The van der Waals surface area contributed by atoms with Crippen molar-refractivity contribution in [1.29, 1.82) is 0 Å². The number of hydrogen-bond acceptors (Lipinski definition) is 6. The fraction of sp³-hybridized carbons (Fsp3) is 0.108. The number of benzene rings is 5. The van der Waals surface area contributed by atoms with Crippen LogP contribution in [0, 0.1) is 0 Å². The molecule has 0 aromatic heterocycles. The molecule has 7 rings (SSSR count). The normalized spacial score (nSPS) is 17.6. The van der Waals surface area contributed by atoms with Gasteiger partial charge in [-0.3, -0.25) is 4.79 Å². The van der Waals surface area contributed by atoms with Crippen LogP contribution in [0.4, 0.5) is 11.4 Å². The number of anilines is 2. The van der Waals surface area contributed by atoms with Crippen LogP contribution in [0.2, 0.25) is 0 Å². The van der Waals surface area contributed by atoms with Gasteiger partial charge in [-0.1, -0.05) is 129 Å². The van der Waals surface area contributed by atoms with Gasteiger partial charge in [-0.2, -0.15) is 10.2 Å². The Morgan fingerprint density at radius 1 is 0.651 bits per heavy atom. The summed E-state index contributed by atoms with van der Waals surface area (Å²) < 4.78 is 0. The molecule has 0 fully saturated rings. The minimum Gasteiger partial charge on any atom is -0.286 e. The van der Waals surface area contributed by atoms with Crippen LogP contribution >= 0.6 is 11.8 Å². The standard InChI is InChI=1S/C37H30N4OS/c1-26(2)27-22-24-28(25-23-27)34-32-20-12-13-21-33(32)37(40(38-34)30-16-8-4-9-17-30)41(31-18-10-5-11-19-31)39-36(43-37)35(42)29-14-6-3-7-15-29/h3-26H,1-2H3/t37-/m0/s1. The molecule has 1 atom stereocenters. The van der Waals surface area contributed by atoms with Gasteiger partial charge in [0.05, 0.1) is 17.1 Å². The molecule has 5 aromatic rings. The molecule has 0 bridgehead atoms. The summed E-state index contributed by atoms with van der Waals surface area (Å²) in [5.74, 6) is 0.318. The van der Waals surface area contributed by atoms with Crippen LogP contribution in [0.25, 0.3) is 0 Å². The van der Waals surface area contributed by atoms with E-state index in [0.717, 1.165) is 33.8 Å². The first kappa shape index (κ1) is 26.9. The number of Topliss-reactive ketones (excluding diaryl/α,β-unsaturated/α-hetero) is 1. The van der Waals surface area contributed by atoms with Gasteiger partial charge in [0.1, 0.15) is 0 Å². The number of fused-ring (bicyclic) bond motifs is 2. The number of carbonyl (C=O) groups excluding carboxylic acids is 1. The van der Waals surface area contributed by atoms with Crippen LogP contribution in [0.5, 0.6) is 0 Å². The lowest BCUT2D eigenvalue weighted by molar-refractivity contribution is 0.106. The minimum atomic E-state index is -1.000. The molecule has 5 aromatic carbocycles. The van der Waals surface area contributed by atoms with Gasteiger partial charge in [-0.05, 0) is 47.5 Å². The topological polar surface area (TPSA) is 48.3 Å². The Morgan fingerprint density at radius 3 is 1.79 bits per heavy atom. The first-order chi connectivity index (χ1) is 21.1. The second kappa shape index (κ2) is 11.0. The smallest absolute Gasteiger partial charge is 0.234 e. The zero-order chi connectivity index (χ0) is 29.4. The van der Waals surface area contributed by atoms with E-state index < -0.39 is 4.99 Å². The maximum Gasteiger partial charge on any atom is 0.234 e. The van der Waals surface area contributed by atoms with Crippen molar-refractivity contribution < 1.29 is 4.79 Å². The maximum atomic E-state index is 13.9. The van der Waals surface area contributed by atoms with Gasteiger partial charge < -0.3 is 0 Å². The number of carbonyl (C=O) groups is 1. The van der Waals surface area contributed by atoms with E-state index in [4.69, 9.17) is 10.2 Å². The van der Waals surface area contributed by atoms with Gasteiger partial charge in [-0.25, -0.2) is 10.0 Å². The van der Waals surface area contributed by atoms with Crippen molar-refractivity contribution in [1.82, 2.24) is 0 Å². The summed E-state index contributed by atoms with van der Waals surface area (Å²) in [4.78, 5) is 12.9. The van der Waals surface area contributed by atoms with E-state index in [-0.39, 0.29) is 5.78 Å². The van der Waals surface area contributed by atoms with E-state index in [1.807, 2.05) is 94.9 Å². The lowest BCUT2D eigenvalue weighted by atomic mass is 9.92. The molecule has 0 aliphatic carbocycles. The van der Waals surface area contributed by atoms with Crippen LogP contribution in [0.1, 0.15) is 52.4 Å². The first-order valence-corrected chi connectivity index (χ1v) is 15.2. The second-order valence-corrected chi connectivity index (χ2v) is 12.0. The van der Waals surface area contributed by atoms with Gasteiger partial charge in [0.2, 0.25) is 10.8 Å². The molecule has 5 nitrogen and oxygen atoms in total. The zero-order valence-electron chi connectivity index (χ0n) is 24.0. The first-order valence-electron chi connectivity index (χ1n) is 14.4. The van der Waals surface area contributed by atoms with Gasteiger partial charge in [-0.15, -0.1) is 0 Å². The van der Waals surface area contributed by atoms with Crippen molar-refractivity contribution in [2.45, 2.75) is 24.8 Å². The summed E-state index contributed by atoms with van der Waals surface area (Å²) in [6, 6.07) is 46.5. The number of hydrazone groups is 2. The van der Waals surface area contributed by atoms with E-state index in [9.17, 15) is 4.79 Å². The van der Waals surface area contributed by atoms with Crippen LogP contribution in [-0.4, -0.2) is 16.5 Å². The molecule has 0 N–H and O–H groups in total. The van der Waals surface area contributed by atoms with E-state index >= 15 is 0 Å². The Kier molecular flexibility index (Phi) is 6.92. The van der Waals surface area contributed by atoms with Crippen molar-refractivity contribution in [3.05, 3.63) is 167 Å². The summed E-state index contributed by atoms with van der Waals surface area (Å²) in [6.07, 6.45) is 0. The Hall–Kier alpha value is -4.94. The minimum absolute atomic E-state index is 0.118. The summed E-state index contributed by atoms with van der Waals surface area (Å²) >= 11 is 1.43. The molecule has 2 heterocycles. The molecule has 2 aliphatic rings. The van der Waals surface area contributed by atoms with Gasteiger partial charge in [0.25, 0.3) is 0 Å². The average Bonchev–Trinajstić information content (AvgIpc) is 3.47. The Bertz CT molecular complexity index is 1840. The van der Waals surface area contributed by atoms with Crippen molar-refractivity contribution in [3.8, 4) is 0 Å². The summed E-state index contributed by atoms with van der Waals surface area (Å²) in [5, 5.41) is 14.9. The SMILES string of the molecule is CC(C)c1ccc(C2=NN(c3ccccc3)[C@@]3(SC(C(=O)c4ccccc4)=NN3c3ccccc3)c3ccccc32)cc1. The lowest BCUT2D eigenvalue weighted by Crippen LogP contribution is -2.54. The number of para-hydroxylation sites is 2. The summed E-state index contributed by atoms with van der Waals surface area (Å²) in [5.41, 5.74) is 7.55. The quantitative estimate of drug-likeness (QED) is 0.189. The average molecular weight is 579 g/mol.